The van der Waals surface area contributed by atoms with Crippen molar-refractivity contribution >= 4 is 0 Å². The zero-order chi connectivity index (χ0) is 13.6. The number of aromatic hydroxyl groups is 1. The second-order valence-corrected chi connectivity index (χ2v) is 6.33. The van der Waals surface area contributed by atoms with E-state index in [9.17, 15) is 5.11 Å². The first-order chi connectivity index (χ1) is 9.15. The van der Waals surface area contributed by atoms with Crippen LogP contribution in [0.5, 0.6) is 5.75 Å². The summed E-state index contributed by atoms with van der Waals surface area (Å²) >= 11 is 0. The average molecular weight is 259 g/mol. The lowest BCUT2D eigenvalue weighted by Gasteiger charge is -2.61. The molecule has 2 aliphatic rings. The second-order valence-electron chi connectivity index (χ2n) is 6.33. The number of phenolic OH excluding ortho intramolecular Hbond substituents is 1. The zero-order valence-corrected chi connectivity index (χ0v) is 12.2. The van der Waals surface area contributed by atoms with E-state index in [0.29, 0.717) is 29.0 Å². The summed E-state index contributed by atoms with van der Waals surface area (Å²) in [4.78, 5) is 0. The maximum absolute atomic E-state index is 9.85. The number of nitrogens with one attached hydrogen (secondary N) is 1. The highest BCUT2D eigenvalue weighted by Gasteiger charge is 2.57. The van der Waals surface area contributed by atoms with Crippen molar-refractivity contribution < 1.29 is 5.11 Å². The van der Waals surface area contributed by atoms with Crippen molar-refractivity contribution in [3.05, 3.63) is 29.3 Å². The smallest absolute Gasteiger partial charge is 0.115 e. The molecular weight excluding hydrogens is 234 g/mol. The molecule has 0 spiro atoms. The molecule has 4 unspecified atom stereocenters. The molecule has 0 amide bonds. The van der Waals surface area contributed by atoms with Crippen molar-refractivity contribution in [2.45, 2.75) is 57.4 Å². The molecule has 1 aromatic rings. The number of benzene rings is 1. The Bertz CT molecular complexity index is 484. The van der Waals surface area contributed by atoms with Crippen LogP contribution in [0.4, 0.5) is 0 Å². The van der Waals surface area contributed by atoms with Gasteiger partial charge in [-0.3, -0.25) is 0 Å². The van der Waals surface area contributed by atoms with Gasteiger partial charge in [-0.25, -0.2) is 0 Å². The average Bonchev–Trinajstić information content (AvgIpc) is 2.39. The van der Waals surface area contributed by atoms with E-state index in [4.69, 9.17) is 0 Å². The summed E-state index contributed by atoms with van der Waals surface area (Å²) in [6.07, 6.45) is 3.67. The maximum atomic E-state index is 9.85. The van der Waals surface area contributed by atoms with Gasteiger partial charge in [0.1, 0.15) is 5.75 Å². The Morgan fingerprint density at radius 3 is 2.84 bits per heavy atom. The quantitative estimate of drug-likeness (QED) is 0.870. The number of fused-ring (bicyclic) bond motifs is 4. The molecule has 3 rings (SSSR count). The highest BCUT2D eigenvalue weighted by molar-refractivity contribution is 5.55. The molecule has 0 radical (unpaired) electrons. The Morgan fingerprint density at radius 1 is 1.37 bits per heavy atom. The molecule has 4 atom stereocenters. The van der Waals surface area contributed by atoms with Crippen molar-refractivity contribution in [2.75, 3.05) is 6.54 Å². The molecule has 104 valence electrons. The van der Waals surface area contributed by atoms with E-state index in [1.54, 1.807) is 0 Å². The molecule has 1 aliphatic heterocycles. The van der Waals surface area contributed by atoms with E-state index in [1.807, 2.05) is 12.1 Å². The molecule has 19 heavy (non-hydrogen) atoms. The standard InChI is InChI=1S/C17H25NO/c1-4-8-17-14(5-2)11(3)18-10-16(17)13-7-6-12(19)9-15(13)17/h6-7,9,11,14,16,18-19H,4-5,8,10H2,1-3H3. The van der Waals surface area contributed by atoms with Crippen LogP contribution in [0.25, 0.3) is 0 Å². The molecule has 1 fully saturated rings. The van der Waals surface area contributed by atoms with Gasteiger partial charge in [0, 0.05) is 23.9 Å². The molecule has 0 saturated carbocycles. The largest absolute Gasteiger partial charge is 0.508 e. The van der Waals surface area contributed by atoms with Crippen LogP contribution in [0, 0.1) is 5.92 Å². The van der Waals surface area contributed by atoms with E-state index in [-0.39, 0.29) is 0 Å². The van der Waals surface area contributed by atoms with Gasteiger partial charge < -0.3 is 10.4 Å². The molecule has 2 heteroatoms. The van der Waals surface area contributed by atoms with Crippen LogP contribution < -0.4 is 5.32 Å². The minimum absolute atomic E-state index is 0.308. The van der Waals surface area contributed by atoms with Gasteiger partial charge in [-0.05, 0) is 42.5 Å². The monoisotopic (exact) mass is 259 g/mol. The van der Waals surface area contributed by atoms with Crippen molar-refractivity contribution in [3.63, 3.8) is 0 Å². The minimum atomic E-state index is 0.308. The Labute approximate surface area is 116 Å². The van der Waals surface area contributed by atoms with Crippen LogP contribution in [-0.2, 0) is 5.41 Å². The summed E-state index contributed by atoms with van der Waals surface area (Å²) < 4.78 is 0. The Kier molecular flexibility index (Phi) is 3.09. The molecular formula is C17H25NO. The Hall–Kier alpha value is -1.02. The van der Waals surface area contributed by atoms with E-state index in [0.717, 1.165) is 6.54 Å². The fourth-order valence-electron chi connectivity index (χ4n) is 4.91. The van der Waals surface area contributed by atoms with Gasteiger partial charge in [0.2, 0.25) is 0 Å². The highest BCUT2D eigenvalue weighted by atomic mass is 16.3. The van der Waals surface area contributed by atoms with Gasteiger partial charge in [0.15, 0.2) is 0 Å². The van der Waals surface area contributed by atoms with Gasteiger partial charge in [-0.2, -0.15) is 0 Å². The third kappa shape index (κ3) is 1.59. The lowest BCUT2D eigenvalue weighted by atomic mass is 9.46. The summed E-state index contributed by atoms with van der Waals surface area (Å²) in [6, 6.07) is 6.58. The van der Waals surface area contributed by atoms with Crippen LogP contribution >= 0.6 is 0 Å². The first kappa shape index (κ1) is 13.0. The van der Waals surface area contributed by atoms with Gasteiger partial charge in [-0.1, -0.05) is 32.8 Å². The lowest BCUT2D eigenvalue weighted by Crippen LogP contribution is -2.62. The molecule has 1 heterocycles. The summed E-state index contributed by atoms with van der Waals surface area (Å²) in [7, 11) is 0. The van der Waals surface area contributed by atoms with Crippen LogP contribution in [0.15, 0.2) is 18.2 Å². The molecule has 1 saturated heterocycles. The van der Waals surface area contributed by atoms with Crippen molar-refractivity contribution in [1.82, 2.24) is 5.32 Å². The Morgan fingerprint density at radius 2 is 2.16 bits per heavy atom. The molecule has 1 aromatic carbocycles. The van der Waals surface area contributed by atoms with E-state index < -0.39 is 0 Å². The molecule has 0 bridgehead atoms. The SMILES string of the molecule is CCCC12c3cc(O)ccc3C1CNC(C)C2CC. The second kappa shape index (κ2) is 4.52. The first-order valence-electron chi connectivity index (χ1n) is 7.71. The van der Waals surface area contributed by atoms with Gasteiger partial charge in [0.25, 0.3) is 0 Å². The molecule has 1 aliphatic carbocycles. The van der Waals surface area contributed by atoms with E-state index in [2.05, 4.69) is 32.2 Å². The molecule has 2 nitrogen and oxygen atoms in total. The third-order valence-electron chi connectivity index (χ3n) is 5.55. The predicted molar refractivity (Wildman–Crippen MR) is 78.7 cm³/mol. The fraction of sp³-hybridized carbons (Fsp3) is 0.647. The summed E-state index contributed by atoms with van der Waals surface area (Å²) in [6.45, 7) is 8.01. The van der Waals surface area contributed by atoms with Gasteiger partial charge in [-0.15, -0.1) is 0 Å². The number of phenols is 1. The van der Waals surface area contributed by atoms with Crippen LogP contribution in [0.3, 0.4) is 0 Å². The maximum Gasteiger partial charge on any atom is 0.115 e. The molecule has 0 aromatic heterocycles. The van der Waals surface area contributed by atoms with Gasteiger partial charge in [0.05, 0.1) is 0 Å². The minimum Gasteiger partial charge on any atom is -0.508 e. The van der Waals surface area contributed by atoms with Crippen molar-refractivity contribution in [3.8, 4) is 5.75 Å². The number of rotatable bonds is 3. The summed E-state index contributed by atoms with van der Waals surface area (Å²) in [5.41, 5.74) is 3.20. The lowest BCUT2D eigenvalue weighted by molar-refractivity contribution is 0.0805. The van der Waals surface area contributed by atoms with E-state index in [1.165, 1.54) is 30.4 Å². The summed E-state index contributed by atoms with van der Waals surface area (Å²) in [5, 5.41) is 13.5. The topological polar surface area (TPSA) is 32.3 Å². The zero-order valence-electron chi connectivity index (χ0n) is 12.2. The fourth-order valence-corrected chi connectivity index (χ4v) is 4.91. The van der Waals surface area contributed by atoms with Gasteiger partial charge >= 0.3 is 0 Å². The predicted octanol–water partition coefficient (Wildman–Crippen LogP) is 3.55. The molecule has 2 N–H and O–H groups in total. The number of piperidine rings is 1. The van der Waals surface area contributed by atoms with Crippen molar-refractivity contribution in [1.29, 1.82) is 0 Å². The van der Waals surface area contributed by atoms with E-state index >= 15 is 0 Å². The van der Waals surface area contributed by atoms with Crippen molar-refractivity contribution in [2.24, 2.45) is 5.92 Å². The number of hydrogen-bond donors (Lipinski definition) is 2. The first-order valence-corrected chi connectivity index (χ1v) is 7.71. The Balaban J connectivity index is 2.11. The third-order valence-corrected chi connectivity index (χ3v) is 5.55. The van der Waals surface area contributed by atoms with Crippen LogP contribution in [0.1, 0.15) is 57.1 Å². The highest BCUT2D eigenvalue weighted by Crippen LogP contribution is 2.61. The summed E-state index contributed by atoms with van der Waals surface area (Å²) in [5.74, 6) is 1.75. The normalized spacial score (nSPS) is 36.3. The van der Waals surface area contributed by atoms with Crippen LogP contribution in [-0.4, -0.2) is 17.7 Å². The number of hydrogen-bond acceptors (Lipinski definition) is 2. The van der Waals surface area contributed by atoms with Crippen LogP contribution in [0.2, 0.25) is 0 Å².